The van der Waals surface area contributed by atoms with E-state index >= 15 is 0 Å². The van der Waals surface area contributed by atoms with Crippen LogP contribution in [0.2, 0.25) is 0 Å². The van der Waals surface area contributed by atoms with Crippen LogP contribution in [0.3, 0.4) is 0 Å². The van der Waals surface area contributed by atoms with Crippen molar-refractivity contribution in [2.24, 2.45) is 5.16 Å². The lowest BCUT2D eigenvalue weighted by atomic mass is 10.1. The molecule has 0 saturated carbocycles. The Morgan fingerprint density at radius 3 is 2.82 bits per heavy atom. The maximum Gasteiger partial charge on any atom is 0.192 e. The van der Waals surface area contributed by atoms with E-state index in [4.69, 9.17) is 4.84 Å². The van der Waals surface area contributed by atoms with Gasteiger partial charge in [0.25, 0.3) is 0 Å². The maximum absolute atomic E-state index is 11.0. The first kappa shape index (κ1) is 7.91. The Morgan fingerprint density at radius 2 is 2.36 bits per heavy atom. The van der Waals surface area contributed by atoms with E-state index < -0.39 is 0 Å². The van der Waals surface area contributed by atoms with E-state index in [1.165, 1.54) is 6.92 Å². The molecule has 11 heavy (non-hydrogen) atoms. The molecular formula is C7H9NO3. The summed E-state index contributed by atoms with van der Waals surface area (Å²) < 4.78 is 0. The molecule has 0 radical (unpaired) electrons. The van der Waals surface area contributed by atoms with E-state index in [0.717, 1.165) is 0 Å². The molecule has 1 aliphatic rings. The van der Waals surface area contributed by atoms with E-state index in [-0.39, 0.29) is 29.8 Å². The van der Waals surface area contributed by atoms with Crippen LogP contribution in [-0.2, 0) is 14.4 Å². The third-order valence-corrected chi connectivity index (χ3v) is 1.39. The van der Waals surface area contributed by atoms with Gasteiger partial charge in [-0.2, -0.15) is 0 Å². The summed E-state index contributed by atoms with van der Waals surface area (Å²) in [4.78, 5) is 26.5. The van der Waals surface area contributed by atoms with Crippen LogP contribution in [-0.4, -0.2) is 23.4 Å². The molecule has 0 fully saturated rings. The number of nitrogens with zero attached hydrogens (tertiary/aromatic N) is 1. The van der Waals surface area contributed by atoms with Crippen molar-refractivity contribution >= 4 is 17.3 Å². The fourth-order valence-corrected chi connectivity index (χ4v) is 0.849. The second-order valence-electron chi connectivity index (χ2n) is 2.54. The first-order chi connectivity index (χ1) is 5.11. The molecule has 0 saturated heterocycles. The Kier molecular flexibility index (Phi) is 2.03. The summed E-state index contributed by atoms with van der Waals surface area (Å²) in [7, 11) is 0. The van der Waals surface area contributed by atoms with Gasteiger partial charge in [-0.05, 0) is 6.92 Å². The van der Waals surface area contributed by atoms with Gasteiger partial charge < -0.3 is 4.84 Å². The Balaban J connectivity index is 2.81. The molecule has 0 N–H and O–H groups in total. The van der Waals surface area contributed by atoms with Gasteiger partial charge >= 0.3 is 0 Å². The van der Waals surface area contributed by atoms with Crippen LogP contribution in [0.5, 0.6) is 0 Å². The lowest BCUT2D eigenvalue weighted by Gasteiger charge is -2.14. The van der Waals surface area contributed by atoms with Crippen molar-refractivity contribution in [3.63, 3.8) is 0 Å². The number of carbonyl (C=O) groups is 2. The van der Waals surface area contributed by atoms with Gasteiger partial charge in [0.15, 0.2) is 17.3 Å². The fraction of sp³-hybridized carbons (Fsp3) is 0.571. The smallest absolute Gasteiger partial charge is 0.192 e. The highest BCUT2D eigenvalue weighted by Gasteiger charge is 2.24. The van der Waals surface area contributed by atoms with Gasteiger partial charge in [0, 0.05) is 6.92 Å². The van der Waals surface area contributed by atoms with Crippen LogP contribution in [0.15, 0.2) is 5.16 Å². The highest BCUT2D eigenvalue weighted by atomic mass is 16.6. The number of rotatable bonds is 1. The van der Waals surface area contributed by atoms with Crippen LogP contribution in [0.1, 0.15) is 20.3 Å². The number of hydrogen-bond acceptors (Lipinski definition) is 4. The molecule has 0 spiro atoms. The van der Waals surface area contributed by atoms with E-state index in [9.17, 15) is 9.59 Å². The minimum atomic E-state index is -0.332. The van der Waals surface area contributed by atoms with Crippen molar-refractivity contribution in [1.82, 2.24) is 0 Å². The number of ketones is 2. The average Bonchev–Trinajstić information content (AvgIpc) is 1.85. The van der Waals surface area contributed by atoms with Gasteiger partial charge in [0.1, 0.15) is 6.10 Å². The zero-order chi connectivity index (χ0) is 8.43. The fourth-order valence-electron chi connectivity index (χ4n) is 0.849. The number of hydrogen-bond donors (Lipinski definition) is 0. The molecule has 0 bridgehead atoms. The Labute approximate surface area is 64.2 Å². The second kappa shape index (κ2) is 2.82. The van der Waals surface area contributed by atoms with Gasteiger partial charge in [0.2, 0.25) is 0 Å². The Morgan fingerprint density at radius 1 is 1.73 bits per heavy atom. The molecule has 0 aromatic rings. The lowest BCUT2D eigenvalue weighted by molar-refractivity contribution is -0.120. The third-order valence-electron chi connectivity index (χ3n) is 1.39. The van der Waals surface area contributed by atoms with Gasteiger partial charge in [-0.3, -0.25) is 9.59 Å². The minimum Gasteiger partial charge on any atom is -0.392 e. The van der Waals surface area contributed by atoms with Crippen molar-refractivity contribution in [2.45, 2.75) is 26.4 Å². The maximum atomic E-state index is 11.0. The van der Waals surface area contributed by atoms with Crippen molar-refractivity contribution in [1.29, 1.82) is 0 Å². The summed E-state index contributed by atoms with van der Waals surface area (Å²) in [5.74, 6) is -0.557. The summed E-state index contributed by atoms with van der Waals surface area (Å²) in [6.45, 7) is 3.04. The zero-order valence-corrected chi connectivity index (χ0v) is 6.46. The average molecular weight is 155 g/mol. The molecule has 1 heterocycles. The minimum absolute atomic E-state index is 0.0666. The Hall–Kier alpha value is -1.19. The first-order valence-corrected chi connectivity index (χ1v) is 3.39. The normalized spacial score (nSPS) is 24.0. The van der Waals surface area contributed by atoms with Crippen LogP contribution in [0, 0.1) is 0 Å². The van der Waals surface area contributed by atoms with Gasteiger partial charge in [-0.1, -0.05) is 5.16 Å². The molecule has 4 heteroatoms. The zero-order valence-electron chi connectivity index (χ0n) is 6.46. The van der Waals surface area contributed by atoms with Gasteiger partial charge in [-0.25, -0.2) is 0 Å². The largest absolute Gasteiger partial charge is 0.392 e. The third kappa shape index (κ3) is 1.63. The Bertz CT molecular complexity index is 232. The van der Waals surface area contributed by atoms with Crippen LogP contribution >= 0.6 is 0 Å². The van der Waals surface area contributed by atoms with Gasteiger partial charge in [0.05, 0.1) is 6.42 Å². The molecule has 0 aliphatic carbocycles. The van der Waals surface area contributed by atoms with E-state index in [1.54, 1.807) is 6.92 Å². The van der Waals surface area contributed by atoms with Crippen molar-refractivity contribution in [3.8, 4) is 0 Å². The molecular weight excluding hydrogens is 146 g/mol. The summed E-state index contributed by atoms with van der Waals surface area (Å²) in [6.07, 6.45) is 0.0453. The lowest BCUT2D eigenvalue weighted by Crippen LogP contribution is -2.30. The molecule has 1 unspecified atom stereocenters. The summed E-state index contributed by atoms with van der Waals surface area (Å²) in [5.41, 5.74) is -0.0666. The predicted molar refractivity (Wildman–Crippen MR) is 38.3 cm³/mol. The number of carbonyl (C=O) groups excluding carboxylic acids is 2. The van der Waals surface area contributed by atoms with Crippen molar-refractivity contribution in [3.05, 3.63) is 0 Å². The first-order valence-electron chi connectivity index (χ1n) is 3.39. The quantitative estimate of drug-likeness (QED) is 0.547. The molecule has 0 amide bonds. The highest BCUT2D eigenvalue weighted by Crippen LogP contribution is 2.07. The van der Waals surface area contributed by atoms with Crippen LogP contribution in [0.4, 0.5) is 0 Å². The molecule has 0 aromatic carbocycles. The summed E-state index contributed by atoms with van der Waals surface area (Å²) in [5, 5.41) is 3.41. The number of Topliss-reactive ketones (excluding diaryl/α,β-unsaturated/α-hetero) is 2. The van der Waals surface area contributed by atoms with Crippen molar-refractivity contribution in [2.75, 3.05) is 0 Å². The summed E-state index contributed by atoms with van der Waals surface area (Å²) >= 11 is 0. The summed E-state index contributed by atoms with van der Waals surface area (Å²) in [6, 6.07) is 0. The predicted octanol–water partition coefficient (Wildman–Crippen LogP) is 0.309. The highest BCUT2D eigenvalue weighted by molar-refractivity contribution is 6.65. The SMILES string of the molecule is CC(=O)C1=NOC(C)CC1=O. The molecule has 1 atom stereocenters. The van der Waals surface area contributed by atoms with Crippen LogP contribution < -0.4 is 0 Å². The second-order valence-corrected chi connectivity index (χ2v) is 2.54. The van der Waals surface area contributed by atoms with Crippen LogP contribution in [0.25, 0.3) is 0 Å². The molecule has 1 rings (SSSR count). The van der Waals surface area contributed by atoms with Gasteiger partial charge in [-0.15, -0.1) is 0 Å². The molecule has 60 valence electrons. The van der Waals surface area contributed by atoms with E-state index in [1.807, 2.05) is 0 Å². The molecule has 4 nitrogen and oxygen atoms in total. The molecule has 1 aliphatic heterocycles. The van der Waals surface area contributed by atoms with Crippen molar-refractivity contribution < 1.29 is 14.4 Å². The van der Waals surface area contributed by atoms with E-state index in [0.29, 0.717) is 0 Å². The standard InChI is InChI=1S/C7H9NO3/c1-4-3-6(10)7(5(2)9)8-11-4/h4H,3H2,1-2H3. The topological polar surface area (TPSA) is 55.7 Å². The number of oxime groups is 1. The monoisotopic (exact) mass is 155 g/mol. The molecule has 0 aromatic heterocycles. The van der Waals surface area contributed by atoms with E-state index in [2.05, 4.69) is 5.16 Å².